The lowest BCUT2D eigenvalue weighted by atomic mass is 10.2. The smallest absolute Gasteiger partial charge is 0.313 e. The van der Waals surface area contributed by atoms with E-state index in [4.69, 9.17) is 9.47 Å². The minimum atomic E-state index is -0.700. The Balaban J connectivity index is 1.94. The molecule has 0 atom stereocenters. The number of carbonyl (C=O) groups excluding carboxylic acids is 2. The molecule has 0 saturated carbocycles. The third-order valence-corrected chi connectivity index (χ3v) is 3.74. The van der Waals surface area contributed by atoms with Gasteiger partial charge in [-0.25, -0.2) is 0 Å². The van der Waals surface area contributed by atoms with E-state index in [1.165, 1.54) is 0 Å². The summed E-state index contributed by atoms with van der Waals surface area (Å²) in [7, 11) is 1.56. The molecule has 26 heavy (non-hydrogen) atoms. The highest BCUT2D eigenvalue weighted by molar-refractivity contribution is 6.39. The van der Waals surface area contributed by atoms with Gasteiger partial charge in [-0.05, 0) is 42.7 Å². The second-order valence-electron chi connectivity index (χ2n) is 5.79. The van der Waals surface area contributed by atoms with Crippen LogP contribution in [0.15, 0.2) is 42.5 Å². The quantitative estimate of drug-likeness (QED) is 0.748. The van der Waals surface area contributed by atoms with Crippen molar-refractivity contribution in [1.82, 2.24) is 5.32 Å². The molecule has 0 saturated heterocycles. The molecule has 6 nitrogen and oxygen atoms in total. The van der Waals surface area contributed by atoms with Crippen molar-refractivity contribution in [2.24, 2.45) is 0 Å². The van der Waals surface area contributed by atoms with Crippen LogP contribution in [-0.2, 0) is 16.1 Å². The Morgan fingerprint density at radius 2 is 1.81 bits per heavy atom. The van der Waals surface area contributed by atoms with Gasteiger partial charge < -0.3 is 20.1 Å². The molecular weight excluding hydrogens is 332 g/mol. The molecule has 0 fully saturated rings. The van der Waals surface area contributed by atoms with Crippen LogP contribution in [0.25, 0.3) is 0 Å². The summed E-state index contributed by atoms with van der Waals surface area (Å²) < 4.78 is 10.9. The van der Waals surface area contributed by atoms with Crippen molar-refractivity contribution in [2.45, 2.75) is 26.8 Å². The van der Waals surface area contributed by atoms with Crippen molar-refractivity contribution in [3.63, 3.8) is 0 Å². The number of para-hydroxylation sites is 1. The summed E-state index contributed by atoms with van der Waals surface area (Å²) in [6.45, 7) is 4.70. The Hall–Kier alpha value is -3.02. The summed E-state index contributed by atoms with van der Waals surface area (Å²) in [6.07, 6.45) is 0.900. The van der Waals surface area contributed by atoms with Crippen molar-refractivity contribution in [3.8, 4) is 11.5 Å². The molecule has 0 aromatic heterocycles. The molecule has 6 heteroatoms. The van der Waals surface area contributed by atoms with Crippen LogP contribution < -0.4 is 20.1 Å². The number of rotatable bonds is 7. The summed E-state index contributed by atoms with van der Waals surface area (Å²) in [6, 6.07) is 12.7. The van der Waals surface area contributed by atoms with Crippen LogP contribution in [0.1, 0.15) is 24.5 Å². The lowest BCUT2D eigenvalue weighted by Gasteiger charge is -2.12. The summed E-state index contributed by atoms with van der Waals surface area (Å²) in [5, 5.41) is 5.21. The normalized spacial score (nSPS) is 10.1. The summed E-state index contributed by atoms with van der Waals surface area (Å²) in [5.41, 5.74) is 2.32. The first-order chi connectivity index (χ1) is 12.5. The zero-order chi connectivity index (χ0) is 18.9. The van der Waals surface area contributed by atoms with Crippen LogP contribution in [-0.4, -0.2) is 25.5 Å². The highest BCUT2D eigenvalue weighted by Gasteiger charge is 2.14. The lowest BCUT2D eigenvalue weighted by molar-refractivity contribution is -0.136. The molecule has 0 radical (unpaired) electrons. The monoisotopic (exact) mass is 356 g/mol. The Bertz CT molecular complexity index is 774. The molecule has 2 amide bonds. The topological polar surface area (TPSA) is 76.7 Å². The van der Waals surface area contributed by atoms with Crippen LogP contribution in [0, 0.1) is 6.92 Å². The molecule has 0 spiro atoms. The van der Waals surface area contributed by atoms with Gasteiger partial charge in [-0.3, -0.25) is 9.59 Å². The number of anilines is 1. The van der Waals surface area contributed by atoms with Gasteiger partial charge in [-0.2, -0.15) is 0 Å². The van der Waals surface area contributed by atoms with Gasteiger partial charge in [0.2, 0.25) is 0 Å². The second kappa shape index (κ2) is 9.46. The number of methoxy groups -OCH3 is 1. The Kier molecular flexibility index (Phi) is 7.02. The van der Waals surface area contributed by atoms with Crippen molar-refractivity contribution in [2.75, 3.05) is 19.0 Å². The Labute approximate surface area is 153 Å². The van der Waals surface area contributed by atoms with Crippen molar-refractivity contribution >= 4 is 17.5 Å². The highest BCUT2D eigenvalue weighted by atomic mass is 16.5. The molecular formula is C20H24N2O4. The van der Waals surface area contributed by atoms with E-state index in [0.717, 1.165) is 17.5 Å². The van der Waals surface area contributed by atoms with Crippen molar-refractivity contribution in [1.29, 1.82) is 0 Å². The molecule has 0 heterocycles. The molecule has 138 valence electrons. The molecule has 2 aromatic rings. The fraction of sp³-hybridized carbons (Fsp3) is 0.300. The number of hydrogen-bond acceptors (Lipinski definition) is 4. The van der Waals surface area contributed by atoms with Crippen LogP contribution in [0.3, 0.4) is 0 Å². The number of carbonyl (C=O) groups is 2. The van der Waals surface area contributed by atoms with E-state index in [1.54, 1.807) is 31.4 Å². The zero-order valence-corrected chi connectivity index (χ0v) is 15.3. The summed E-state index contributed by atoms with van der Waals surface area (Å²) in [4.78, 5) is 24.0. The van der Waals surface area contributed by atoms with Crippen LogP contribution in [0.2, 0.25) is 0 Å². The van der Waals surface area contributed by atoms with Gasteiger partial charge in [-0.1, -0.05) is 31.2 Å². The van der Waals surface area contributed by atoms with Crippen LogP contribution >= 0.6 is 0 Å². The standard InChI is InChI=1S/C20H24N2O4/c1-4-11-26-17-10-9-15(12-18(17)25-3)13-21-19(23)20(24)22-16-8-6-5-7-14(16)2/h5-10,12H,4,11,13H2,1-3H3,(H,21,23)(H,22,24). The first-order valence-corrected chi connectivity index (χ1v) is 8.49. The number of hydrogen-bond donors (Lipinski definition) is 2. The molecule has 0 unspecified atom stereocenters. The highest BCUT2D eigenvalue weighted by Crippen LogP contribution is 2.28. The number of amides is 2. The molecule has 0 bridgehead atoms. The first-order valence-electron chi connectivity index (χ1n) is 8.49. The van der Waals surface area contributed by atoms with E-state index in [1.807, 2.05) is 32.0 Å². The molecule has 0 aliphatic heterocycles. The van der Waals surface area contributed by atoms with Crippen molar-refractivity contribution < 1.29 is 19.1 Å². The molecule has 2 N–H and O–H groups in total. The molecule has 0 aliphatic rings. The number of aryl methyl sites for hydroxylation is 1. The average molecular weight is 356 g/mol. The third-order valence-electron chi connectivity index (χ3n) is 3.74. The Morgan fingerprint density at radius 1 is 1.04 bits per heavy atom. The van der Waals surface area contributed by atoms with Crippen LogP contribution in [0.5, 0.6) is 11.5 Å². The van der Waals surface area contributed by atoms with E-state index in [2.05, 4.69) is 10.6 Å². The van der Waals surface area contributed by atoms with E-state index in [0.29, 0.717) is 23.8 Å². The number of benzene rings is 2. The van der Waals surface area contributed by atoms with Crippen LogP contribution in [0.4, 0.5) is 5.69 Å². The van der Waals surface area contributed by atoms with Gasteiger partial charge >= 0.3 is 11.8 Å². The lowest BCUT2D eigenvalue weighted by Crippen LogP contribution is -2.35. The van der Waals surface area contributed by atoms with E-state index < -0.39 is 11.8 Å². The van der Waals surface area contributed by atoms with Gasteiger partial charge in [0.05, 0.1) is 13.7 Å². The maximum Gasteiger partial charge on any atom is 0.313 e. The fourth-order valence-corrected chi connectivity index (χ4v) is 2.31. The van der Waals surface area contributed by atoms with Gasteiger partial charge in [-0.15, -0.1) is 0 Å². The summed E-state index contributed by atoms with van der Waals surface area (Å²) >= 11 is 0. The average Bonchev–Trinajstić information content (AvgIpc) is 2.66. The largest absolute Gasteiger partial charge is 0.493 e. The predicted octanol–water partition coefficient (Wildman–Crippen LogP) is 3.05. The summed E-state index contributed by atoms with van der Waals surface area (Å²) in [5.74, 6) is -0.149. The van der Waals surface area contributed by atoms with E-state index in [-0.39, 0.29) is 6.54 Å². The first kappa shape index (κ1) is 19.3. The third kappa shape index (κ3) is 5.24. The molecule has 2 rings (SSSR count). The van der Waals surface area contributed by atoms with Gasteiger partial charge in [0.1, 0.15) is 0 Å². The number of ether oxygens (including phenoxy) is 2. The number of nitrogens with one attached hydrogen (secondary N) is 2. The SMILES string of the molecule is CCCOc1ccc(CNC(=O)C(=O)Nc2ccccc2C)cc1OC. The minimum Gasteiger partial charge on any atom is -0.493 e. The van der Waals surface area contributed by atoms with E-state index in [9.17, 15) is 9.59 Å². The zero-order valence-electron chi connectivity index (χ0n) is 15.3. The van der Waals surface area contributed by atoms with Crippen molar-refractivity contribution in [3.05, 3.63) is 53.6 Å². The minimum absolute atomic E-state index is 0.213. The maximum atomic E-state index is 12.0. The molecule has 0 aliphatic carbocycles. The predicted molar refractivity (Wildman–Crippen MR) is 100 cm³/mol. The molecule has 2 aromatic carbocycles. The van der Waals surface area contributed by atoms with E-state index >= 15 is 0 Å². The Morgan fingerprint density at radius 3 is 2.50 bits per heavy atom. The second-order valence-corrected chi connectivity index (χ2v) is 5.79. The van der Waals surface area contributed by atoms with Gasteiger partial charge in [0, 0.05) is 12.2 Å². The van der Waals surface area contributed by atoms with Gasteiger partial charge in [0.15, 0.2) is 11.5 Å². The fourth-order valence-electron chi connectivity index (χ4n) is 2.31. The maximum absolute atomic E-state index is 12.0. The van der Waals surface area contributed by atoms with Gasteiger partial charge in [0.25, 0.3) is 0 Å².